The third-order valence-corrected chi connectivity index (χ3v) is 8.32. The highest BCUT2D eigenvalue weighted by molar-refractivity contribution is 7.20. The molecule has 0 bridgehead atoms. The fourth-order valence-corrected chi connectivity index (χ4v) is 6.13. The number of aryl methyl sites for hydroxylation is 1. The molecule has 1 aliphatic heterocycles. The molecular weight excluding hydrogens is 543 g/mol. The maximum atomic E-state index is 14.3. The van der Waals surface area contributed by atoms with Crippen LogP contribution in [0.1, 0.15) is 59.1 Å². The van der Waals surface area contributed by atoms with Gasteiger partial charge in [-0.2, -0.15) is 5.26 Å². The van der Waals surface area contributed by atoms with E-state index in [1.54, 1.807) is 4.90 Å². The van der Waals surface area contributed by atoms with Gasteiger partial charge in [-0.15, -0.1) is 11.3 Å². The molecule has 13 heteroatoms. The number of carbonyl (C=O) groups is 2. The zero-order chi connectivity index (χ0) is 29.1. The minimum absolute atomic E-state index is 0.00468. The number of aromatic nitrogens is 2. The Morgan fingerprint density at radius 1 is 1.25 bits per heavy atom. The zero-order valence-electron chi connectivity index (χ0n) is 22.3. The topological polar surface area (TPSA) is 144 Å². The first-order valence-electron chi connectivity index (χ1n) is 12.7. The number of carboxylic acids is 1. The standard InChI is InChI=1S/C27H29FN4O7S/c1-15-21-24(34)32(16(2)23(33)30-10-4-5-11-30)27(37)31(25(21)40-22(15)26(35)36)14-20(39-12-6-9-29)18-13-17(28)7-8-19(18)38-3/h7-8,13,16,20H,4-6,10-12,14H2,1-3H3,(H,35,36)/t16-,20+/m1/s1. The molecule has 0 radical (unpaired) electrons. The Morgan fingerprint density at radius 2 is 1.95 bits per heavy atom. The Kier molecular flexibility index (Phi) is 8.70. The van der Waals surface area contributed by atoms with Gasteiger partial charge in [-0.3, -0.25) is 14.2 Å². The maximum absolute atomic E-state index is 14.3. The quantitative estimate of drug-likeness (QED) is 0.365. The minimum atomic E-state index is -1.27. The van der Waals surface area contributed by atoms with Gasteiger partial charge in [0.15, 0.2) is 0 Å². The van der Waals surface area contributed by atoms with Crippen LogP contribution in [0, 0.1) is 24.1 Å². The summed E-state index contributed by atoms with van der Waals surface area (Å²) in [5.74, 6) is -1.97. The number of aromatic carboxylic acids is 1. The summed E-state index contributed by atoms with van der Waals surface area (Å²) >= 11 is 0.761. The molecular formula is C27H29FN4O7S. The van der Waals surface area contributed by atoms with Crippen LogP contribution in [0.3, 0.4) is 0 Å². The molecule has 1 aliphatic rings. The van der Waals surface area contributed by atoms with Crippen LogP contribution in [0.4, 0.5) is 4.39 Å². The van der Waals surface area contributed by atoms with Gasteiger partial charge >= 0.3 is 11.7 Å². The molecule has 212 valence electrons. The SMILES string of the molecule is COc1ccc(F)cc1[C@H](Cn1c(=O)n([C@H](C)C(=O)N2CCCC2)c(=O)c2c(C)c(C(=O)O)sc21)OCCC#N. The second-order valence-corrected chi connectivity index (χ2v) is 10.5. The summed E-state index contributed by atoms with van der Waals surface area (Å²) in [6.07, 6.45) is 0.630. The summed E-state index contributed by atoms with van der Waals surface area (Å²) in [6.45, 7) is 3.66. The van der Waals surface area contributed by atoms with Crippen LogP contribution in [0.5, 0.6) is 5.75 Å². The van der Waals surface area contributed by atoms with Gasteiger partial charge < -0.3 is 19.5 Å². The number of halogens is 1. The van der Waals surface area contributed by atoms with Crippen molar-refractivity contribution in [1.29, 1.82) is 5.26 Å². The molecule has 1 aromatic carbocycles. The van der Waals surface area contributed by atoms with Crippen LogP contribution in [-0.4, -0.2) is 57.8 Å². The van der Waals surface area contributed by atoms with Crippen molar-refractivity contribution in [3.05, 3.63) is 60.9 Å². The van der Waals surface area contributed by atoms with Gasteiger partial charge in [-0.1, -0.05) is 0 Å². The normalized spacial score (nSPS) is 14.7. The molecule has 11 nitrogen and oxygen atoms in total. The molecule has 0 unspecified atom stereocenters. The van der Waals surface area contributed by atoms with Gasteiger partial charge in [0.1, 0.15) is 33.4 Å². The molecule has 2 atom stereocenters. The van der Waals surface area contributed by atoms with Crippen molar-refractivity contribution < 1.29 is 28.6 Å². The van der Waals surface area contributed by atoms with Gasteiger partial charge in [0, 0.05) is 18.7 Å². The number of fused-ring (bicyclic) bond motifs is 1. The van der Waals surface area contributed by atoms with Crippen LogP contribution in [-0.2, 0) is 16.1 Å². The first kappa shape index (κ1) is 29.0. The van der Waals surface area contributed by atoms with Crippen molar-refractivity contribution >= 4 is 33.4 Å². The van der Waals surface area contributed by atoms with E-state index in [0.717, 1.165) is 28.7 Å². The molecule has 1 saturated heterocycles. The second-order valence-electron chi connectivity index (χ2n) is 9.47. The molecule has 3 aromatic rings. The Morgan fingerprint density at radius 3 is 2.58 bits per heavy atom. The van der Waals surface area contributed by atoms with E-state index >= 15 is 0 Å². The number of benzene rings is 1. The summed E-state index contributed by atoms with van der Waals surface area (Å²) in [4.78, 5) is 54.5. The lowest BCUT2D eigenvalue weighted by molar-refractivity contribution is -0.133. The van der Waals surface area contributed by atoms with E-state index in [1.165, 1.54) is 43.7 Å². The van der Waals surface area contributed by atoms with E-state index in [4.69, 9.17) is 14.7 Å². The van der Waals surface area contributed by atoms with Gasteiger partial charge in [-0.05, 0) is 50.5 Å². The number of carbonyl (C=O) groups excluding carboxylic acids is 1. The van der Waals surface area contributed by atoms with Gasteiger partial charge in [0.25, 0.3) is 5.56 Å². The molecule has 4 rings (SSSR count). The summed E-state index contributed by atoms with van der Waals surface area (Å²) in [5.41, 5.74) is -1.17. The summed E-state index contributed by atoms with van der Waals surface area (Å²) in [6, 6.07) is 4.61. The number of carboxylic acid groups (broad SMARTS) is 1. The highest BCUT2D eigenvalue weighted by Gasteiger charge is 2.31. The highest BCUT2D eigenvalue weighted by atomic mass is 32.1. The smallest absolute Gasteiger partial charge is 0.346 e. The first-order chi connectivity index (χ1) is 19.1. The fraction of sp³-hybridized carbons (Fsp3) is 0.444. The van der Waals surface area contributed by atoms with Crippen LogP contribution in [0.25, 0.3) is 10.2 Å². The van der Waals surface area contributed by atoms with E-state index in [9.17, 15) is 28.7 Å². The van der Waals surface area contributed by atoms with Crippen molar-refractivity contribution in [3.63, 3.8) is 0 Å². The van der Waals surface area contributed by atoms with E-state index < -0.39 is 35.2 Å². The molecule has 0 saturated carbocycles. The number of thiophene rings is 1. The van der Waals surface area contributed by atoms with E-state index in [1.807, 2.05) is 6.07 Å². The second kappa shape index (κ2) is 12.0. The van der Waals surface area contributed by atoms with Crippen molar-refractivity contribution in [3.8, 4) is 11.8 Å². The lowest BCUT2D eigenvalue weighted by Gasteiger charge is -2.24. The van der Waals surface area contributed by atoms with Crippen molar-refractivity contribution in [2.75, 3.05) is 26.8 Å². The van der Waals surface area contributed by atoms with E-state index in [2.05, 4.69) is 0 Å². The first-order valence-corrected chi connectivity index (χ1v) is 13.5. The molecule has 40 heavy (non-hydrogen) atoms. The van der Waals surface area contributed by atoms with E-state index in [-0.39, 0.29) is 57.4 Å². The third kappa shape index (κ3) is 5.37. The predicted octanol–water partition coefficient (Wildman–Crippen LogP) is 3.23. The van der Waals surface area contributed by atoms with Crippen LogP contribution >= 0.6 is 11.3 Å². The molecule has 0 aliphatic carbocycles. The number of rotatable bonds is 10. The largest absolute Gasteiger partial charge is 0.496 e. The molecule has 1 fully saturated rings. The average Bonchev–Trinajstić information content (AvgIpc) is 3.58. The number of nitriles is 1. The Hall–Kier alpha value is -4.02. The fourth-order valence-electron chi connectivity index (χ4n) is 4.99. The number of likely N-dealkylation sites (tertiary alicyclic amines) is 1. The Bertz CT molecular complexity index is 1610. The number of nitrogens with zero attached hydrogens (tertiary/aromatic N) is 4. The number of hydrogen-bond donors (Lipinski definition) is 1. The minimum Gasteiger partial charge on any atom is -0.496 e. The predicted molar refractivity (Wildman–Crippen MR) is 144 cm³/mol. The van der Waals surface area contributed by atoms with Crippen molar-refractivity contribution in [2.24, 2.45) is 0 Å². The zero-order valence-corrected chi connectivity index (χ0v) is 23.1. The molecule has 2 aromatic heterocycles. The molecule has 1 amide bonds. The number of hydrogen-bond acceptors (Lipinski definition) is 8. The number of ether oxygens (including phenoxy) is 2. The summed E-state index contributed by atoms with van der Waals surface area (Å²) in [7, 11) is 1.39. The van der Waals surface area contributed by atoms with Gasteiger partial charge in [-0.25, -0.2) is 18.5 Å². The maximum Gasteiger partial charge on any atom is 0.346 e. The van der Waals surface area contributed by atoms with Crippen molar-refractivity contribution in [2.45, 2.75) is 51.8 Å². The lowest BCUT2D eigenvalue weighted by Crippen LogP contribution is -2.47. The number of amides is 1. The Balaban J connectivity index is 1.95. The van der Waals surface area contributed by atoms with Gasteiger partial charge in [0.2, 0.25) is 5.91 Å². The lowest BCUT2D eigenvalue weighted by atomic mass is 10.1. The summed E-state index contributed by atoms with van der Waals surface area (Å²) in [5, 5.41) is 18.8. The molecule has 1 N–H and O–H groups in total. The number of methoxy groups -OCH3 is 1. The summed E-state index contributed by atoms with van der Waals surface area (Å²) < 4.78 is 27.7. The van der Waals surface area contributed by atoms with Crippen molar-refractivity contribution in [1.82, 2.24) is 14.0 Å². The highest BCUT2D eigenvalue weighted by Crippen LogP contribution is 2.33. The monoisotopic (exact) mass is 572 g/mol. The third-order valence-electron chi connectivity index (χ3n) is 7.02. The van der Waals surface area contributed by atoms with Crippen LogP contribution in [0.2, 0.25) is 0 Å². The van der Waals surface area contributed by atoms with Crippen LogP contribution in [0.15, 0.2) is 27.8 Å². The average molecular weight is 573 g/mol. The molecule has 3 heterocycles. The molecule has 0 spiro atoms. The van der Waals surface area contributed by atoms with E-state index in [0.29, 0.717) is 13.1 Å². The Labute approximate surface area is 232 Å². The van der Waals surface area contributed by atoms with Crippen LogP contribution < -0.4 is 16.0 Å². The van der Waals surface area contributed by atoms with Gasteiger partial charge in [0.05, 0.1) is 38.1 Å².